The van der Waals surface area contributed by atoms with Gasteiger partial charge >= 0.3 is 0 Å². The van der Waals surface area contributed by atoms with Crippen molar-refractivity contribution in [3.63, 3.8) is 0 Å². The van der Waals surface area contributed by atoms with Crippen LogP contribution in [0.25, 0.3) is 33.0 Å². The second-order valence-corrected chi connectivity index (χ2v) is 13.8. The summed E-state index contributed by atoms with van der Waals surface area (Å²) in [5.41, 5.74) is 15.0. The van der Waals surface area contributed by atoms with E-state index in [4.69, 9.17) is 0 Å². The van der Waals surface area contributed by atoms with E-state index in [1.807, 2.05) is 0 Å². The zero-order valence-corrected chi connectivity index (χ0v) is 30.2. The molecule has 10 rings (SSSR count). The van der Waals surface area contributed by atoms with Crippen molar-refractivity contribution < 1.29 is 0 Å². The van der Waals surface area contributed by atoms with Crippen LogP contribution in [0.5, 0.6) is 0 Å². The molecule has 0 spiro atoms. The molecule has 0 unspecified atom stereocenters. The molecular formula is C52H37N3. The van der Waals surface area contributed by atoms with Gasteiger partial charge in [-0.3, -0.25) is 0 Å². The predicted octanol–water partition coefficient (Wildman–Crippen LogP) is 14.9. The molecule has 0 radical (unpaired) electrons. The molecule has 3 nitrogen and oxygen atoms in total. The third kappa shape index (κ3) is 5.80. The summed E-state index contributed by atoms with van der Waals surface area (Å²) in [7, 11) is 0. The lowest BCUT2D eigenvalue weighted by atomic mass is 9.88. The first-order chi connectivity index (χ1) is 27.3. The van der Waals surface area contributed by atoms with Gasteiger partial charge in [-0.2, -0.15) is 0 Å². The van der Waals surface area contributed by atoms with Crippen LogP contribution in [0.2, 0.25) is 0 Å². The van der Waals surface area contributed by atoms with E-state index >= 15 is 0 Å². The van der Waals surface area contributed by atoms with Gasteiger partial charge in [0.2, 0.25) is 0 Å². The third-order valence-corrected chi connectivity index (χ3v) is 10.5. The number of benzene rings is 9. The highest BCUT2D eigenvalue weighted by molar-refractivity contribution is 6.18. The Morgan fingerprint density at radius 1 is 0.309 bits per heavy atom. The molecule has 9 aromatic rings. The second kappa shape index (κ2) is 13.9. The van der Waals surface area contributed by atoms with Crippen molar-refractivity contribution in [2.45, 2.75) is 0 Å². The first-order valence-electron chi connectivity index (χ1n) is 18.8. The highest BCUT2D eigenvalue weighted by Crippen LogP contribution is 2.54. The number of fused-ring (bicyclic) bond motifs is 2. The maximum absolute atomic E-state index is 2.44. The van der Waals surface area contributed by atoms with Gasteiger partial charge in [-0.05, 0) is 108 Å². The molecule has 9 aromatic carbocycles. The SMILES string of the molecule is c1ccc(N(c2ccccc2)c2ccc(-c3ccc4c(c3)N(c3ccccc3)c3cccc5c(N(c6ccccc6)c6ccccc6)ccc-4c35)cc2)cc1. The van der Waals surface area contributed by atoms with E-state index in [-0.39, 0.29) is 0 Å². The average Bonchev–Trinajstić information content (AvgIpc) is 3.26. The van der Waals surface area contributed by atoms with Gasteiger partial charge in [0.05, 0.1) is 17.1 Å². The smallest absolute Gasteiger partial charge is 0.0547 e. The Labute approximate surface area is 322 Å². The van der Waals surface area contributed by atoms with Gasteiger partial charge in [0.15, 0.2) is 0 Å². The fraction of sp³-hybridized carbons (Fsp3) is 0. The van der Waals surface area contributed by atoms with Crippen LogP contribution in [0.3, 0.4) is 0 Å². The van der Waals surface area contributed by atoms with Gasteiger partial charge in [-0.25, -0.2) is 0 Å². The van der Waals surface area contributed by atoms with Crippen molar-refractivity contribution in [2.24, 2.45) is 0 Å². The molecule has 0 bridgehead atoms. The molecule has 0 N–H and O–H groups in total. The van der Waals surface area contributed by atoms with Crippen molar-refractivity contribution in [1.82, 2.24) is 0 Å². The Morgan fingerprint density at radius 3 is 1.35 bits per heavy atom. The molecule has 1 aliphatic heterocycles. The third-order valence-electron chi connectivity index (χ3n) is 10.5. The molecule has 0 aromatic heterocycles. The van der Waals surface area contributed by atoms with Gasteiger partial charge in [0.25, 0.3) is 0 Å². The van der Waals surface area contributed by atoms with Crippen LogP contribution in [0.4, 0.5) is 51.2 Å². The lowest BCUT2D eigenvalue weighted by Crippen LogP contribution is -2.16. The summed E-state index contributed by atoms with van der Waals surface area (Å²) in [6.07, 6.45) is 0. The molecule has 0 atom stereocenters. The van der Waals surface area contributed by atoms with E-state index in [1.54, 1.807) is 0 Å². The van der Waals surface area contributed by atoms with E-state index in [9.17, 15) is 0 Å². The zero-order chi connectivity index (χ0) is 36.6. The Bertz CT molecular complexity index is 2650. The summed E-state index contributed by atoms with van der Waals surface area (Å²) >= 11 is 0. The molecule has 1 aliphatic rings. The standard InChI is InChI=1S/C52H37N3/c1-6-17-40(18-7-1)53(41-19-8-2-9-20-41)45-32-29-38(30-33-45)39-31-34-46-47-35-36-49(54(42-21-10-3-11-22-42)43-23-12-4-13-24-43)48-27-16-28-50(52(47)48)55(51(46)37-39)44-25-14-5-15-26-44/h1-37H. The van der Waals surface area contributed by atoms with E-state index in [0.29, 0.717) is 0 Å². The van der Waals surface area contributed by atoms with Crippen LogP contribution in [-0.2, 0) is 0 Å². The quantitative estimate of drug-likeness (QED) is 0.156. The average molecular weight is 704 g/mol. The molecule has 55 heavy (non-hydrogen) atoms. The second-order valence-electron chi connectivity index (χ2n) is 13.8. The number of anilines is 9. The highest BCUT2D eigenvalue weighted by Gasteiger charge is 2.28. The Balaban J connectivity index is 1.11. The summed E-state index contributed by atoms with van der Waals surface area (Å²) < 4.78 is 0. The summed E-state index contributed by atoms with van der Waals surface area (Å²) in [6, 6.07) is 80.4. The van der Waals surface area contributed by atoms with E-state index < -0.39 is 0 Å². The van der Waals surface area contributed by atoms with Crippen molar-refractivity contribution in [3.05, 3.63) is 224 Å². The molecule has 3 heteroatoms. The van der Waals surface area contributed by atoms with Gasteiger partial charge in [-0.15, -0.1) is 0 Å². The van der Waals surface area contributed by atoms with E-state index in [2.05, 4.69) is 239 Å². The molecule has 0 saturated carbocycles. The zero-order valence-electron chi connectivity index (χ0n) is 30.2. The van der Waals surface area contributed by atoms with Gasteiger partial charge in [-0.1, -0.05) is 133 Å². The van der Waals surface area contributed by atoms with Crippen LogP contribution >= 0.6 is 0 Å². The summed E-state index contributed by atoms with van der Waals surface area (Å²) in [5.74, 6) is 0. The first-order valence-corrected chi connectivity index (χ1v) is 18.8. The number of hydrogen-bond donors (Lipinski definition) is 0. The number of rotatable bonds is 8. The monoisotopic (exact) mass is 703 g/mol. The number of nitrogens with zero attached hydrogens (tertiary/aromatic N) is 3. The van der Waals surface area contributed by atoms with Crippen LogP contribution in [0, 0.1) is 0 Å². The van der Waals surface area contributed by atoms with Crippen molar-refractivity contribution in [2.75, 3.05) is 14.7 Å². The minimum Gasteiger partial charge on any atom is -0.311 e. The van der Waals surface area contributed by atoms with E-state index in [0.717, 1.165) is 39.8 Å². The lowest BCUT2D eigenvalue weighted by Gasteiger charge is -2.35. The summed E-state index contributed by atoms with van der Waals surface area (Å²) in [4.78, 5) is 7.11. The lowest BCUT2D eigenvalue weighted by molar-refractivity contribution is 1.27. The van der Waals surface area contributed by atoms with Gasteiger partial charge in [0, 0.05) is 50.5 Å². The Hall–Kier alpha value is -7.36. The summed E-state index contributed by atoms with van der Waals surface area (Å²) in [6.45, 7) is 0. The van der Waals surface area contributed by atoms with Crippen molar-refractivity contribution in [1.29, 1.82) is 0 Å². The number of hydrogen-bond acceptors (Lipinski definition) is 3. The molecule has 0 saturated heterocycles. The maximum Gasteiger partial charge on any atom is 0.0547 e. The van der Waals surface area contributed by atoms with Crippen LogP contribution in [-0.4, -0.2) is 0 Å². The fourth-order valence-corrected chi connectivity index (χ4v) is 8.07. The topological polar surface area (TPSA) is 9.72 Å². The molecule has 0 amide bonds. The molecule has 1 heterocycles. The minimum atomic E-state index is 1.11. The largest absolute Gasteiger partial charge is 0.311 e. The normalized spacial score (nSPS) is 11.6. The molecular weight excluding hydrogens is 667 g/mol. The maximum atomic E-state index is 2.44. The highest BCUT2D eigenvalue weighted by atomic mass is 15.2. The van der Waals surface area contributed by atoms with Crippen LogP contribution in [0.15, 0.2) is 224 Å². The van der Waals surface area contributed by atoms with Crippen molar-refractivity contribution in [3.8, 4) is 22.3 Å². The Kier molecular flexibility index (Phi) is 8.16. The van der Waals surface area contributed by atoms with E-state index in [1.165, 1.54) is 44.4 Å². The summed E-state index contributed by atoms with van der Waals surface area (Å²) in [5, 5.41) is 2.45. The first kappa shape index (κ1) is 32.3. The van der Waals surface area contributed by atoms with Crippen LogP contribution < -0.4 is 14.7 Å². The molecule has 260 valence electrons. The van der Waals surface area contributed by atoms with Crippen LogP contribution in [0.1, 0.15) is 0 Å². The molecule has 0 fully saturated rings. The van der Waals surface area contributed by atoms with Gasteiger partial charge < -0.3 is 14.7 Å². The molecule has 0 aliphatic carbocycles. The Morgan fingerprint density at radius 2 is 0.782 bits per heavy atom. The predicted molar refractivity (Wildman–Crippen MR) is 232 cm³/mol. The number of para-hydroxylation sites is 5. The van der Waals surface area contributed by atoms with Crippen molar-refractivity contribution >= 4 is 62.0 Å². The van der Waals surface area contributed by atoms with Gasteiger partial charge in [0.1, 0.15) is 0 Å². The fourth-order valence-electron chi connectivity index (χ4n) is 8.07. The minimum absolute atomic E-state index is 1.11.